The molecule has 2 saturated carbocycles. The quantitative estimate of drug-likeness (QED) is 0.427. The van der Waals surface area contributed by atoms with Crippen LogP contribution in [0, 0.1) is 16.2 Å². The summed E-state index contributed by atoms with van der Waals surface area (Å²) in [5.41, 5.74) is 0.254. The van der Waals surface area contributed by atoms with Gasteiger partial charge in [0.1, 0.15) is 0 Å². The van der Waals surface area contributed by atoms with E-state index in [-0.39, 0.29) is 22.3 Å². The maximum absolute atomic E-state index is 13.5. The van der Waals surface area contributed by atoms with Crippen molar-refractivity contribution >= 4 is 46.5 Å². The second-order valence-corrected chi connectivity index (χ2v) is 9.92. The molecule has 1 N–H and O–H groups in total. The predicted octanol–water partition coefficient (Wildman–Crippen LogP) is 6.36. The van der Waals surface area contributed by atoms with E-state index in [2.05, 4.69) is 31.2 Å². The molecule has 4 rings (SSSR count). The SMILES string of the molecule is CC12CCC(C(=O)Nc3cccc(Cl)c3)(CC1=NOC(=O)c1ccccc1Cl)C2(C)C. The third kappa shape index (κ3) is 3.35. The number of nitrogens with one attached hydrogen (secondary N) is 1. The average Bonchev–Trinajstić information content (AvgIpc) is 3.03. The van der Waals surface area contributed by atoms with Gasteiger partial charge in [-0.2, -0.15) is 0 Å². The largest absolute Gasteiger partial charge is 0.367 e. The van der Waals surface area contributed by atoms with Gasteiger partial charge in [0.05, 0.1) is 21.7 Å². The Bertz CT molecular complexity index is 1100. The summed E-state index contributed by atoms with van der Waals surface area (Å²) >= 11 is 12.2. The number of anilines is 1. The summed E-state index contributed by atoms with van der Waals surface area (Å²) in [6.45, 7) is 6.28. The van der Waals surface area contributed by atoms with Gasteiger partial charge >= 0.3 is 5.97 Å². The molecule has 31 heavy (non-hydrogen) atoms. The van der Waals surface area contributed by atoms with Gasteiger partial charge in [-0.25, -0.2) is 4.79 Å². The van der Waals surface area contributed by atoms with Crippen LogP contribution in [0.5, 0.6) is 0 Å². The van der Waals surface area contributed by atoms with Crippen molar-refractivity contribution in [2.75, 3.05) is 5.32 Å². The van der Waals surface area contributed by atoms with Crippen LogP contribution < -0.4 is 5.32 Å². The van der Waals surface area contributed by atoms with E-state index in [0.29, 0.717) is 22.2 Å². The molecule has 2 aliphatic rings. The molecular formula is C24H24Cl2N2O3. The molecule has 0 radical (unpaired) electrons. The van der Waals surface area contributed by atoms with Crippen molar-refractivity contribution in [2.24, 2.45) is 21.4 Å². The minimum Gasteiger partial charge on any atom is -0.326 e. The third-order valence-corrected chi connectivity index (χ3v) is 8.15. The van der Waals surface area contributed by atoms with Gasteiger partial charge in [0.15, 0.2) is 0 Å². The van der Waals surface area contributed by atoms with Crippen LogP contribution in [0.15, 0.2) is 53.7 Å². The summed E-state index contributed by atoms with van der Waals surface area (Å²) < 4.78 is 0. The van der Waals surface area contributed by atoms with Crippen molar-refractivity contribution < 1.29 is 14.4 Å². The number of carbonyl (C=O) groups is 2. The highest BCUT2D eigenvalue weighted by Gasteiger charge is 2.71. The van der Waals surface area contributed by atoms with Crippen LogP contribution in [0.1, 0.15) is 50.4 Å². The molecule has 0 aliphatic heterocycles. The zero-order chi connectivity index (χ0) is 22.4. The molecule has 7 heteroatoms. The van der Waals surface area contributed by atoms with Gasteiger partial charge in [-0.1, -0.05) is 67.3 Å². The highest BCUT2D eigenvalue weighted by Crippen LogP contribution is 2.71. The molecule has 2 aliphatic carbocycles. The van der Waals surface area contributed by atoms with E-state index in [9.17, 15) is 9.59 Å². The molecule has 0 spiro atoms. The summed E-state index contributed by atoms with van der Waals surface area (Å²) in [5, 5.41) is 8.15. The van der Waals surface area contributed by atoms with E-state index < -0.39 is 11.4 Å². The first-order valence-electron chi connectivity index (χ1n) is 10.2. The van der Waals surface area contributed by atoms with Crippen LogP contribution in [0.3, 0.4) is 0 Å². The number of benzene rings is 2. The second kappa shape index (κ2) is 7.64. The molecule has 2 unspecified atom stereocenters. The lowest BCUT2D eigenvalue weighted by Crippen LogP contribution is -2.43. The predicted molar refractivity (Wildman–Crippen MR) is 123 cm³/mol. The summed E-state index contributed by atoms with van der Waals surface area (Å²) in [6.07, 6.45) is 1.95. The molecule has 2 aromatic rings. The van der Waals surface area contributed by atoms with E-state index in [1.165, 1.54) is 0 Å². The zero-order valence-electron chi connectivity index (χ0n) is 17.7. The van der Waals surface area contributed by atoms with Gasteiger partial charge in [-0.05, 0) is 48.6 Å². The summed E-state index contributed by atoms with van der Waals surface area (Å²) in [6, 6.07) is 13.8. The minimum absolute atomic E-state index is 0.0638. The normalized spacial score (nSPS) is 27.3. The Morgan fingerprint density at radius 3 is 2.48 bits per heavy atom. The number of hydrogen-bond donors (Lipinski definition) is 1. The van der Waals surface area contributed by atoms with E-state index in [0.717, 1.165) is 18.6 Å². The number of hydrogen-bond acceptors (Lipinski definition) is 4. The number of amides is 1. The van der Waals surface area contributed by atoms with Gasteiger partial charge in [-0.3, -0.25) is 4.79 Å². The number of nitrogens with zero attached hydrogens (tertiary/aromatic N) is 1. The lowest BCUT2D eigenvalue weighted by atomic mass is 9.64. The maximum atomic E-state index is 13.5. The van der Waals surface area contributed by atoms with Crippen LogP contribution in [-0.2, 0) is 9.63 Å². The highest BCUT2D eigenvalue weighted by molar-refractivity contribution is 6.33. The van der Waals surface area contributed by atoms with Crippen LogP contribution in [-0.4, -0.2) is 17.6 Å². The van der Waals surface area contributed by atoms with Crippen LogP contribution >= 0.6 is 23.2 Å². The lowest BCUT2D eigenvalue weighted by molar-refractivity contribution is -0.130. The Morgan fingerprint density at radius 1 is 1.03 bits per heavy atom. The average molecular weight is 459 g/mol. The molecule has 2 aromatic carbocycles. The third-order valence-electron chi connectivity index (χ3n) is 7.58. The van der Waals surface area contributed by atoms with Crippen molar-refractivity contribution in [2.45, 2.75) is 40.0 Å². The van der Waals surface area contributed by atoms with E-state index in [4.69, 9.17) is 28.0 Å². The Labute approximate surface area is 191 Å². The first-order valence-corrected chi connectivity index (χ1v) is 11.0. The number of fused-ring (bicyclic) bond motifs is 2. The van der Waals surface area contributed by atoms with Crippen LogP contribution in [0.2, 0.25) is 10.0 Å². The number of carbonyl (C=O) groups excluding carboxylic acids is 2. The van der Waals surface area contributed by atoms with Crippen LogP contribution in [0.4, 0.5) is 5.69 Å². The zero-order valence-corrected chi connectivity index (χ0v) is 19.2. The Kier molecular flexibility index (Phi) is 5.39. The van der Waals surface area contributed by atoms with E-state index in [1.807, 2.05) is 6.07 Å². The molecule has 2 bridgehead atoms. The Hall–Kier alpha value is -2.37. The summed E-state index contributed by atoms with van der Waals surface area (Å²) in [4.78, 5) is 31.2. The maximum Gasteiger partial charge on any atom is 0.367 e. The molecular weight excluding hydrogens is 435 g/mol. The second-order valence-electron chi connectivity index (χ2n) is 9.08. The number of rotatable bonds is 4. The van der Waals surface area contributed by atoms with Crippen molar-refractivity contribution in [3.63, 3.8) is 0 Å². The van der Waals surface area contributed by atoms with Gasteiger partial charge < -0.3 is 10.2 Å². The van der Waals surface area contributed by atoms with Gasteiger partial charge in [0.2, 0.25) is 5.91 Å². The fourth-order valence-electron chi connectivity index (χ4n) is 5.11. The van der Waals surface area contributed by atoms with Crippen molar-refractivity contribution in [3.05, 3.63) is 64.1 Å². The molecule has 0 aromatic heterocycles. The first kappa shape index (κ1) is 21.8. The fourth-order valence-corrected chi connectivity index (χ4v) is 5.52. The minimum atomic E-state index is -0.653. The number of oxime groups is 1. The molecule has 0 saturated heterocycles. The fraction of sp³-hybridized carbons (Fsp3) is 0.375. The number of halogens is 2. The van der Waals surface area contributed by atoms with Gasteiger partial charge in [-0.15, -0.1) is 0 Å². The topological polar surface area (TPSA) is 67.8 Å². The molecule has 162 valence electrons. The molecule has 0 heterocycles. The smallest absolute Gasteiger partial charge is 0.326 e. The lowest BCUT2D eigenvalue weighted by Gasteiger charge is -2.39. The van der Waals surface area contributed by atoms with E-state index in [1.54, 1.807) is 42.5 Å². The molecule has 5 nitrogen and oxygen atoms in total. The Balaban J connectivity index is 1.60. The highest BCUT2D eigenvalue weighted by atomic mass is 35.5. The Morgan fingerprint density at radius 2 is 1.77 bits per heavy atom. The van der Waals surface area contributed by atoms with Crippen LogP contribution in [0.25, 0.3) is 0 Å². The van der Waals surface area contributed by atoms with Gasteiger partial charge in [0, 0.05) is 22.5 Å². The van der Waals surface area contributed by atoms with E-state index >= 15 is 0 Å². The van der Waals surface area contributed by atoms with Gasteiger partial charge in [0.25, 0.3) is 0 Å². The standard InChI is InChI=1S/C24H24Cl2N2O3/c1-22(2)23(3)11-12-24(22,21(30)27-16-8-6-7-15(25)13-16)14-19(23)28-31-20(29)17-9-4-5-10-18(17)26/h4-10,13H,11-12,14H2,1-3H3,(H,27,30). The summed E-state index contributed by atoms with van der Waals surface area (Å²) in [5.74, 6) is -0.675. The molecule has 1 amide bonds. The summed E-state index contributed by atoms with van der Waals surface area (Å²) in [7, 11) is 0. The molecule has 2 fully saturated rings. The monoisotopic (exact) mass is 458 g/mol. The first-order chi connectivity index (χ1) is 14.6. The van der Waals surface area contributed by atoms with Crippen molar-refractivity contribution in [1.82, 2.24) is 0 Å². The van der Waals surface area contributed by atoms with Crippen molar-refractivity contribution in [3.8, 4) is 0 Å². The van der Waals surface area contributed by atoms with Crippen molar-refractivity contribution in [1.29, 1.82) is 0 Å². The molecule has 2 atom stereocenters.